The van der Waals surface area contributed by atoms with Crippen LogP contribution in [0.1, 0.15) is 51.9 Å². The Morgan fingerprint density at radius 3 is 2.88 bits per heavy atom. The quantitative estimate of drug-likeness (QED) is 0.830. The number of allylic oxidation sites excluding steroid dienone is 2. The summed E-state index contributed by atoms with van der Waals surface area (Å²) in [6.07, 6.45) is 9.01. The van der Waals surface area contributed by atoms with E-state index in [4.69, 9.17) is 4.74 Å². The number of hydrogen-bond acceptors (Lipinski definition) is 3. The molecular weight excluding hydrogens is 304 g/mol. The lowest BCUT2D eigenvalue weighted by Gasteiger charge is -2.36. The van der Waals surface area contributed by atoms with Gasteiger partial charge in [0, 0.05) is 6.54 Å². The fourth-order valence-electron chi connectivity index (χ4n) is 4.03. The van der Waals surface area contributed by atoms with Crippen molar-refractivity contribution in [1.82, 2.24) is 9.80 Å². The molecule has 3 aliphatic rings. The first-order chi connectivity index (χ1) is 11.7. The van der Waals surface area contributed by atoms with Crippen molar-refractivity contribution < 1.29 is 14.6 Å². The third-order valence-electron chi connectivity index (χ3n) is 5.48. The zero-order chi connectivity index (χ0) is 16.9. The van der Waals surface area contributed by atoms with Crippen molar-refractivity contribution in [2.45, 2.75) is 51.9 Å². The van der Waals surface area contributed by atoms with E-state index >= 15 is 0 Å². The van der Waals surface area contributed by atoms with Crippen LogP contribution in [-0.4, -0.2) is 53.8 Å². The molecule has 24 heavy (non-hydrogen) atoms. The normalized spacial score (nSPS) is 22.9. The number of likely N-dealkylation sites (tertiary alicyclic amines) is 1. The van der Waals surface area contributed by atoms with Gasteiger partial charge >= 0.3 is 6.09 Å². The van der Waals surface area contributed by atoms with Crippen molar-refractivity contribution in [1.29, 1.82) is 0 Å². The highest BCUT2D eigenvalue weighted by Gasteiger charge is 2.31. The molecule has 0 saturated carbocycles. The summed E-state index contributed by atoms with van der Waals surface area (Å²) in [5, 5.41) is 9.39. The molecule has 1 N–H and O–H groups in total. The van der Waals surface area contributed by atoms with Crippen molar-refractivity contribution in [3.05, 3.63) is 23.1 Å². The predicted molar refractivity (Wildman–Crippen MR) is 93.7 cm³/mol. The summed E-state index contributed by atoms with van der Waals surface area (Å²) >= 11 is 0. The van der Waals surface area contributed by atoms with Gasteiger partial charge in [-0.1, -0.05) is 19.4 Å². The maximum atomic E-state index is 11.4. The van der Waals surface area contributed by atoms with Gasteiger partial charge in [-0.2, -0.15) is 0 Å². The molecule has 0 unspecified atom stereocenters. The van der Waals surface area contributed by atoms with Crippen molar-refractivity contribution in [2.24, 2.45) is 5.92 Å². The van der Waals surface area contributed by atoms with Crippen molar-refractivity contribution >= 4 is 6.09 Å². The summed E-state index contributed by atoms with van der Waals surface area (Å²) in [5.41, 5.74) is 2.13. The molecule has 3 heterocycles. The molecule has 134 valence electrons. The van der Waals surface area contributed by atoms with Crippen LogP contribution in [0.4, 0.5) is 4.79 Å². The second-order valence-electron chi connectivity index (χ2n) is 7.19. The average Bonchev–Trinajstić information content (AvgIpc) is 2.61. The van der Waals surface area contributed by atoms with E-state index in [1.165, 1.54) is 55.8 Å². The van der Waals surface area contributed by atoms with Gasteiger partial charge in [-0.15, -0.1) is 0 Å². The molecule has 0 bridgehead atoms. The Morgan fingerprint density at radius 1 is 1.38 bits per heavy atom. The Hall–Kier alpha value is -1.49. The number of amides is 1. The van der Waals surface area contributed by atoms with Gasteiger partial charge in [-0.25, -0.2) is 4.79 Å². The molecule has 1 saturated heterocycles. The van der Waals surface area contributed by atoms with Gasteiger partial charge in [0.15, 0.2) is 0 Å². The molecule has 5 nitrogen and oxygen atoms in total. The lowest BCUT2D eigenvalue weighted by molar-refractivity contribution is 0.134. The summed E-state index contributed by atoms with van der Waals surface area (Å²) in [6.45, 7) is 7.06. The maximum absolute atomic E-state index is 11.4. The molecule has 0 aliphatic carbocycles. The molecule has 1 amide bonds. The Balaban J connectivity index is 1.60. The van der Waals surface area contributed by atoms with Crippen LogP contribution >= 0.6 is 0 Å². The van der Waals surface area contributed by atoms with Gasteiger partial charge < -0.3 is 14.7 Å². The van der Waals surface area contributed by atoms with Crippen molar-refractivity contribution in [3.63, 3.8) is 0 Å². The highest BCUT2D eigenvalue weighted by molar-refractivity contribution is 5.69. The number of unbranched alkanes of at least 4 members (excludes halogenated alkanes) is 1. The summed E-state index contributed by atoms with van der Waals surface area (Å²) < 4.78 is 5.89. The second-order valence-corrected chi connectivity index (χ2v) is 7.19. The van der Waals surface area contributed by atoms with Crippen LogP contribution in [0.2, 0.25) is 0 Å². The number of nitrogens with zero attached hydrogens (tertiary/aromatic N) is 2. The van der Waals surface area contributed by atoms with Gasteiger partial charge in [-0.05, 0) is 69.7 Å². The average molecular weight is 334 g/mol. The fourth-order valence-corrected chi connectivity index (χ4v) is 4.03. The monoisotopic (exact) mass is 334 g/mol. The lowest BCUT2D eigenvalue weighted by Crippen LogP contribution is -2.36. The smallest absolute Gasteiger partial charge is 0.411 e. The third kappa shape index (κ3) is 3.94. The molecule has 0 aromatic rings. The van der Waals surface area contributed by atoms with Gasteiger partial charge in [-0.3, -0.25) is 4.90 Å². The number of hydrogen-bond donors (Lipinski definition) is 1. The van der Waals surface area contributed by atoms with E-state index in [0.717, 1.165) is 30.7 Å². The van der Waals surface area contributed by atoms with Gasteiger partial charge in [0.25, 0.3) is 0 Å². The van der Waals surface area contributed by atoms with Crippen LogP contribution in [0.15, 0.2) is 23.1 Å². The zero-order valence-corrected chi connectivity index (χ0v) is 14.8. The van der Waals surface area contributed by atoms with E-state index in [1.807, 2.05) is 0 Å². The van der Waals surface area contributed by atoms with Crippen LogP contribution in [0.3, 0.4) is 0 Å². The highest BCUT2D eigenvalue weighted by atomic mass is 16.5. The largest absolute Gasteiger partial charge is 0.491 e. The number of piperidine rings is 1. The fraction of sp³-hybridized carbons (Fsp3) is 0.737. The Bertz CT molecular complexity index is 519. The van der Waals surface area contributed by atoms with Gasteiger partial charge in [0.05, 0.1) is 12.3 Å². The van der Waals surface area contributed by atoms with E-state index in [2.05, 4.69) is 17.9 Å². The summed E-state index contributed by atoms with van der Waals surface area (Å²) in [7, 11) is 0. The van der Waals surface area contributed by atoms with Crippen LogP contribution in [0, 0.1) is 5.92 Å². The molecule has 5 heteroatoms. The van der Waals surface area contributed by atoms with E-state index < -0.39 is 6.09 Å². The first-order valence-corrected chi connectivity index (χ1v) is 9.47. The minimum Gasteiger partial charge on any atom is -0.491 e. The van der Waals surface area contributed by atoms with Crippen molar-refractivity contribution in [2.75, 3.05) is 32.8 Å². The molecule has 3 rings (SSSR count). The SMILES string of the molecule is CCCCN1CCC(CC2=CCN(C(=O)O)C3=C2OCCC3)CC1. The standard InChI is InChI=1S/C19H30N2O3/c1-2-3-9-20-10-6-15(7-11-20)14-16-8-12-21(19(22)23)17-5-4-13-24-18(16)17/h8,15H,2-7,9-14H2,1H3,(H,22,23). The molecule has 0 aromatic heterocycles. The molecule has 0 aromatic carbocycles. The zero-order valence-electron chi connectivity index (χ0n) is 14.8. The van der Waals surface area contributed by atoms with Crippen LogP contribution < -0.4 is 0 Å². The minimum absolute atomic E-state index is 0.474. The third-order valence-corrected chi connectivity index (χ3v) is 5.48. The van der Waals surface area contributed by atoms with E-state index in [-0.39, 0.29) is 0 Å². The Kier molecular flexibility index (Phi) is 5.82. The highest BCUT2D eigenvalue weighted by Crippen LogP contribution is 2.36. The summed E-state index contributed by atoms with van der Waals surface area (Å²) in [4.78, 5) is 15.5. The summed E-state index contributed by atoms with van der Waals surface area (Å²) in [5.74, 6) is 1.56. The minimum atomic E-state index is -0.868. The van der Waals surface area contributed by atoms with E-state index in [0.29, 0.717) is 19.1 Å². The number of rotatable bonds is 5. The molecular formula is C19H30N2O3. The van der Waals surface area contributed by atoms with Crippen LogP contribution in [0.5, 0.6) is 0 Å². The first kappa shape index (κ1) is 17.3. The lowest BCUT2D eigenvalue weighted by atomic mass is 9.87. The number of ether oxygens (including phenoxy) is 1. The molecule has 0 spiro atoms. The number of carbonyl (C=O) groups is 1. The number of carboxylic acid groups (broad SMARTS) is 1. The topological polar surface area (TPSA) is 53.0 Å². The molecule has 0 radical (unpaired) electrons. The van der Waals surface area contributed by atoms with E-state index in [9.17, 15) is 9.90 Å². The molecule has 3 aliphatic heterocycles. The van der Waals surface area contributed by atoms with Gasteiger partial charge in [0.2, 0.25) is 0 Å². The molecule has 0 atom stereocenters. The van der Waals surface area contributed by atoms with Crippen LogP contribution in [-0.2, 0) is 4.74 Å². The maximum Gasteiger partial charge on any atom is 0.411 e. The van der Waals surface area contributed by atoms with Crippen molar-refractivity contribution in [3.8, 4) is 0 Å². The van der Waals surface area contributed by atoms with E-state index in [1.54, 1.807) is 0 Å². The second kappa shape index (κ2) is 8.06. The first-order valence-electron chi connectivity index (χ1n) is 9.47. The Labute approximate surface area is 145 Å². The van der Waals surface area contributed by atoms with Gasteiger partial charge in [0.1, 0.15) is 5.76 Å². The predicted octanol–water partition coefficient (Wildman–Crippen LogP) is 3.83. The van der Waals surface area contributed by atoms with Crippen LogP contribution in [0.25, 0.3) is 0 Å². The molecule has 1 fully saturated rings. The Morgan fingerprint density at radius 2 is 2.17 bits per heavy atom. The summed E-state index contributed by atoms with van der Waals surface area (Å²) in [6, 6.07) is 0.